The van der Waals surface area contributed by atoms with Crippen molar-refractivity contribution in [3.63, 3.8) is 0 Å². The molecule has 7 aromatic carbocycles. The van der Waals surface area contributed by atoms with E-state index in [-0.39, 0.29) is 0 Å². The molecule has 3 heteroatoms. The third-order valence-corrected chi connectivity index (χ3v) is 9.32. The summed E-state index contributed by atoms with van der Waals surface area (Å²) in [6.07, 6.45) is 0. The van der Waals surface area contributed by atoms with Gasteiger partial charge < -0.3 is 13.6 Å². The number of rotatable bonds is 3. The van der Waals surface area contributed by atoms with E-state index in [4.69, 9.17) is 4.42 Å². The molecular weight excluding hydrogens is 548 g/mol. The van der Waals surface area contributed by atoms with Crippen LogP contribution in [0.4, 0.5) is 0 Å². The van der Waals surface area contributed by atoms with E-state index in [0.29, 0.717) is 0 Å². The maximum absolute atomic E-state index is 6.50. The van der Waals surface area contributed by atoms with Crippen LogP contribution in [0.3, 0.4) is 0 Å². The highest BCUT2D eigenvalue weighted by atomic mass is 16.3. The molecule has 0 atom stereocenters. The van der Waals surface area contributed by atoms with Crippen molar-refractivity contribution in [2.24, 2.45) is 0 Å². The van der Waals surface area contributed by atoms with Crippen molar-refractivity contribution in [3.8, 4) is 22.5 Å². The van der Waals surface area contributed by atoms with Gasteiger partial charge >= 0.3 is 0 Å². The molecule has 3 aromatic heterocycles. The first-order valence-corrected chi connectivity index (χ1v) is 15.4. The van der Waals surface area contributed by atoms with Gasteiger partial charge in [-0.25, -0.2) is 0 Å². The molecule has 0 aliphatic carbocycles. The number of hydrogen-bond donors (Lipinski definition) is 0. The minimum absolute atomic E-state index is 0.920. The molecule has 3 nitrogen and oxygen atoms in total. The zero-order valence-electron chi connectivity index (χ0n) is 24.3. The molecule has 0 spiro atoms. The molecule has 0 fully saturated rings. The Morgan fingerprint density at radius 3 is 1.69 bits per heavy atom. The average Bonchev–Trinajstić information content (AvgIpc) is 3.76. The van der Waals surface area contributed by atoms with Crippen LogP contribution in [0.1, 0.15) is 0 Å². The van der Waals surface area contributed by atoms with E-state index < -0.39 is 0 Å². The van der Waals surface area contributed by atoms with Crippen LogP contribution in [0.15, 0.2) is 162 Å². The van der Waals surface area contributed by atoms with Crippen LogP contribution < -0.4 is 0 Å². The molecule has 210 valence electrons. The van der Waals surface area contributed by atoms with Crippen LogP contribution in [-0.4, -0.2) is 9.13 Å². The van der Waals surface area contributed by atoms with Crippen molar-refractivity contribution >= 4 is 65.6 Å². The first kappa shape index (κ1) is 24.4. The van der Waals surface area contributed by atoms with Crippen molar-refractivity contribution in [3.05, 3.63) is 158 Å². The smallest absolute Gasteiger partial charge is 0.145 e. The van der Waals surface area contributed by atoms with Gasteiger partial charge in [-0.3, -0.25) is 0 Å². The second-order valence-electron chi connectivity index (χ2n) is 11.8. The highest BCUT2D eigenvalue weighted by Crippen LogP contribution is 2.41. The van der Waals surface area contributed by atoms with E-state index in [1.54, 1.807) is 0 Å². The quantitative estimate of drug-likeness (QED) is 0.206. The number of para-hydroxylation sites is 4. The van der Waals surface area contributed by atoms with E-state index >= 15 is 0 Å². The zero-order valence-corrected chi connectivity index (χ0v) is 24.3. The lowest BCUT2D eigenvalue weighted by Gasteiger charge is -2.12. The largest absolute Gasteiger partial charge is 0.455 e. The molecule has 0 saturated carbocycles. The van der Waals surface area contributed by atoms with Gasteiger partial charge in [0, 0.05) is 38.3 Å². The highest BCUT2D eigenvalue weighted by molar-refractivity contribution is 6.23. The Morgan fingerprint density at radius 1 is 0.356 bits per heavy atom. The van der Waals surface area contributed by atoms with Crippen molar-refractivity contribution in [2.75, 3.05) is 0 Å². The summed E-state index contributed by atoms with van der Waals surface area (Å²) >= 11 is 0. The molecular formula is C42H26N2O. The number of benzene rings is 7. The summed E-state index contributed by atoms with van der Waals surface area (Å²) in [5.41, 5.74) is 11.3. The van der Waals surface area contributed by atoms with E-state index in [1.807, 2.05) is 6.07 Å². The molecule has 0 radical (unpaired) electrons. The molecule has 0 aliphatic rings. The molecule has 0 aliphatic heterocycles. The fraction of sp³-hybridized carbons (Fsp3) is 0. The van der Waals surface area contributed by atoms with E-state index in [9.17, 15) is 0 Å². The molecule has 10 rings (SSSR count). The van der Waals surface area contributed by atoms with Gasteiger partial charge in [0.2, 0.25) is 0 Å². The summed E-state index contributed by atoms with van der Waals surface area (Å²) in [7, 11) is 0. The minimum Gasteiger partial charge on any atom is -0.455 e. The Bertz CT molecular complexity index is 2700. The monoisotopic (exact) mass is 574 g/mol. The fourth-order valence-electron chi connectivity index (χ4n) is 7.34. The highest BCUT2D eigenvalue weighted by Gasteiger charge is 2.19. The summed E-state index contributed by atoms with van der Waals surface area (Å²) in [6, 6.07) is 56.5. The predicted octanol–water partition coefficient (Wildman–Crippen LogP) is 11.4. The fourth-order valence-corrected chi connectivity index (χ4v) is 7.34. The predicted molar refractivity (Wildman–Crippen MR) is 188 cm³/mol. The second-order valence-corrected chi connectivity index (χ2v) is 11.8. The second kappa shape index (κ2) is 9.22. The van der Waals surface area contributed by atoms with Crippen molar-refractivity contribution in [2.45, 2.75) is 0 Å². The number of aromatic nitrogens is 2. The lowest BCUT2D eigenvalue weighted by Crippen LogP contribution is -1.95. The summed E-state index contributed by atoms with van der Waals surface area (Å²) in [5.74, 6) is 0. The SMILES string of the molecule is c1cc(-c2ccc(-n3c4ccccc4c4ccccc43)cc2)cc(-n2c3ccccc3c3c4oc5ccccc5c4ccc32)c1. The topological polar surface area (TPSA) is 23.0 Å². The van der Waals surface area contributed by atoms with Crippen molar-refractivity contribution in [1.82, 2.24) is 9.13 Å². The van der Waals surface area contributed by atoms with Crippen LogP contribution in [0.2, 0.25) is 0 Å². The van der Waals surface area contributed by atoms with Crippen LogP contribution >= 0.6 is 0 Å². The van der Waals surface area contributed by atoms with Crippen LogP contribution in [0.5, 0.6) is 0 Å². The van der Waals surface area contributed by atoms with Gasteiger partial charge in [0.15, 0.2) is 0 Å². The summed E-state index contributed by atoms with van der Waals surface area (Å²) in [4.78, 5) is 0. The van der Waals surface area contributed by atoms with Gasteiger partial charge in [-0.2, -0.15) is 0 Å². The molecule has 45 heavy (non-hydrogen) atoms. The van der Waals surface area contributed by atoms with Crippen molar-refractivity contribution < 1.29 is 4.42 Å². The molecule has 0 amide bonds. The van der Waals surface area contributed by atoms with Gasteiger partial charge in [-0.15, -0.1) is 0 Å². The third kappa shape index (κ3) is 3.46. The van der Waals surface area contributed by atoms with E-state index in [0.717, 1.165) is 44.2 Å². The Morgan fingerprint density at radius 2 is 0.956 bits per heavy atom. The number of nitrogens with zero attached hydrogens (tertiary/aromatic N) is 2. The van der Waals surface area contributed by atoms with Crippen LogP contribution in [-0.2, 0) is 0 Å². The van der Waals surface area contributed by atoms with Gasteiger partial charge in [-0.1, -0.05) is 97.1 Å². The average molecular weight is 575 g/mol. The molecule has 0 saturated heterocycles. The maximum Gasteiger partial charge on any atom is 0.145 e. The number of fused-ring (bicyclic) bond motifs is 10. The summed E-state index contributed by atoms with van der Waals surface area (Å²) in [5, 5.41) is 7.20. The van der Waals surface area contributed by atoms with Gasteiger partial charge in [0.1, 0.15) is 11.2 Å². The third-order valence-electron chi connectivity index (χ3n) is 9.32. The molecule has 0 bridgehead atoms. The maximum atomic E-state index is 6.50. The Hall–Kier alpha value is -6.06. The first-order valence-electron chi connectivity index (χ1n) is 15.4. The molecule has 3 heterocycles. The minimum atomic E-state index is 0.920. The van der Waals surface area contributed by atoms with Crippen molar-refractivity contribution in [1.29, 1.82) is 0 Å². The van der Waals surface area contributed by atoms with Gasteiger partial charge in [0.05, 0.1) is 27.5 Å². The van der Waals surface area contributed by atoms with Gasteiger partial charge in [-0.05, 0) is 71.8 Å². The summed E-state index contributed by atoms with van der Waals surface area (Å²) < 4.78 is 11.2. The molecule has 10 aromatic rings. The standard InChI is InChI=1S/C42H26N2O/c1-5-16-36-31(12-1)32-13-2-6-17-37(32)43(36)29-22-20-27(21-23-29)28-10-9-11-30(26-28)44-38-18-7-3-15-35(38)41-39(44)25-24-34-33-14-4-8-19-40(33)45-42(34)41/h1-26H. The molecule has 0 unspecified atom stereocenters. The Labute approximate surface area is 258 Å². The molecule has 0 N–H and O–H groups in total. The number of hydrogen-bond acceptors (Lipinski definition) is 1. The van der Waals surface area contributed by atoms with E-state index in [1.165, 1.54) is 43.8 Å². The normalized spacial score (nSPS) is 12.0. The van der Waals surface area contributed by atoms with Gasteiger partial charge in [0.25, 0.3) is 0 Å². The Kier molecular flexibility index (Phi) is 5.00. The van der Waals surface area contributed by atoms with Crippen LogP contribution in [0, 0.1) is 0 Å². The zero-order chi connectivity index (χ0) is 29.5. The Balaban J connectivity index is 1.13. The van der Waals surface area contributed by atoms with Crippen LogP contribution in [0.25, 0.3) is 88.1 Å². The lowest BCUT2D eigenvalue weighted by atomic mass is 10.0. The van der Waals surface area contributed by atoms with E-state index in [2.05, 4.69) is 161 Å². The number of furan rings is 1. The first-order chi connectivity index (χ1) is 22.3. The summed E-state index contributed by atoms with van der Waals surface area (Å²) in [6.45, 7) is 0. The lowest BCUT2D eigenvalue weighted by molar-refractivity contribution is 0.673.